The highest BCUT2D eigenvalue weighted by Gasteiger charge is 2.32. The lowest BCUT2D eigenvalue weighted by Crippen LogP contribution is -2.08. The van der Waals surface area contributed by atoms with Crippen molar-refractivity contribution in [3.05, 3.63) is 56.5 Å². The van der Waals surface area contributed by atoms with Crippen molar-refractivity contribution in [1.29, 1.82) is 0 Å². The fraction of sp³-hybridized carbons (Fsp3) is 0.231. The number of alkyl halides is 3. The smallest absolute Gasteiger partial charge is 0.381 e. The van der Waals surface area contributed by atoms with E-state index in [2.05, 4.69) is 5.32 Å². The Labute approximate surface area is 122 Å². The van der Waals surface area contributed by atoms with Crippen molar-refractivity contribution in [2.24, 2.45) is 0 Å². The van der Waals surface area contributed by atoms with Crippen LogP contribution in [0, 0.1) is 17.0 Å². The van der Waals surface area contributed by atoms with Crippen molar-refractivity contribution in [1.82, 2.24) is 0 Å². The summed E-state index contributed by atoms with van der Waals surface area (Å²) in [7, 11) is 0. The van der Waals surface area contributed by atoms with Crippen molar-refractivity contribution >= 4 is 22.0 Å². The Bertz CT molecular complexity index is 668. The Balaban J connectivity index is 2.11. The van der Waals surface area contributed by atoms with Gasteiger partial charge in [-0.05, 0) is 30.2 Å². The quantitative estimate of drug-likeness (QED) is 0.662. The van der Waals surface area contributed by atoms with Crippen LogP contribution in [0.2, 0.25) is 0 Å². The number of hydrogen-bond donors (Lipinski definition) is 1. The fourth-order valence-corrected chi connectivity index (χ4v) is 2.52. The zero-order valence-corrected chi connectivity index (χ0v) is 11.7. The van der Waals surface area contributed by atoms with E-state index in [-0.39, 0.29) is 17.1 Å². The van der Waals surface area contributed by atoms with Crippen LogP contribution in [0.4, 0.5) is 23.9 Å². The van der Waals surface area contributed by atoms with Gasteiger partial charge in [0.1, 0.15) is 0 Å². The van der Waals surface area contributed by atoms with Crippen LogP contribution in [-0.2, 0) is 12.7 Å². The number of rotatable bonds is 4. The van der Waals surface area contributed by atoms with E-state index in [1.54, 1.807) is 11.4 Å². The summed E-state index contributed by atoms with van der Waals surface area (Å²) in [5, 5.41) is 15.0. The van der Waals surface area contributed by atoms with E-state index in [0.29, 0.717) is 11.3 Å². The minimum absolute atomic E-state index is 0.00619. The van der Waals surface area contributed by atoms with Crippen molar-refractivity contribution in [2.75, 3.05) is 5.32 Å². The van der Waals surface area contributed by atoms with Gasteiger partial charge in [-0.2, -0.15) is 13.2 Å². The molecule has 0 aliphatic heterocycles. The number of nitrogens with zero attached hydrogens (tertiary/aromatic N) is 1. The molecule has 0 saturated carbocycles. The molecule has 0 amide bonds. The van der Waals surface area contributed by atoms with E-state index in [1.165, 1.54) is 19.1 Å². The molecule has 0 fully saturated rings. The third kappa shape index (κ3) is 3.72. The third-order valence-corrected chi connectivity index (χ3v) is 3.79. The number of benzene rings is 1. The highest BCUT2D eigenvalue weighted by molar-refractivity contribution is 7.13. The maximum Gasteiger partial charge on any atom is 0.416 e. The lowest BCUT2D eigenvalue weighted by Gasteiger charge is -2.13. The van der Waals surface area contributed by atoms with Gasteiger partial charge in [0.05, 0.1) is 10.5 Å². The summed E-state index contributed by atoms with van der Waals surface area (Å²) in [6.45, 7) is 1.62. The zero-order valence-electron chi connectivity index (χ0n) is 10.9. The maximum atomic E-state index is 12.8. The van der Waals surface area contributed by atoms with Gasteiger partial charge in [0, 0.05) is 23.7 Å². The molecule has 0 saturated heterocycles. The van der Waals surface area contributed by atoms with Gasteiger partial charge < -0.3 is 5.32 Å². The number of thiophene rings is 1. The number of aryl methyl sites for hydroxylation is 1. The molecule has 0 aliphatic carbocycles. The SMILES string of the molecule is Cc1ccc(NCc2csc([N+](=O)[O-])c2)cc1C(F)(F)F. The van der Waals surface area contributed by atoms with Crippen molar-refractivity contribution < 1.29 is 18.1 Å². The summed E-state index contributed by atoms with van der Waals surface area (Å²) in [5.74, 6) is 0. The highest BCUT2D eigenvalue weighted by atomic mass is 32.1. The van der Waals surface area contributed by atoms with Crippen molar-refractivity contribution in [3.8, 4) is 0 Å². The first-order chi connectivity index (χ1) is 9.77. The lowest BCUT2D eigenvalue weighted by molar-refractivity contribution is -0.380. The first-order valence-electron chi connectivity index (χ1n) is 5.91. The van der Waals surface area contributed by atoms with E-state index in [1.807, 2.05) is 0 Å². The summed E-state index contributed by atoms with van der Waals surface area (Å²) in [6.07, 6.45) is -4.40. The molecule has 0 aliphatic rings. The molecule has 1 aromatic carbocycles. The van der Waals surface area contributed by atoms with Crippen LogP contribution in [0.3, 0.4) is 0 Å². The average molecular weight is 316 g/mol. The molecular formula is C13H11F3N2O2S. The number of halogens is 3. The van der Waals surface area contributed by atoms with Gasteiger partial charge >= 0.3 is 11.2 Å². The molecule has 21 heavy (non-hydrogen) atoms. The number of nitrogens with one attached hydrogen (secondary N) is 1. The molecule has 1 heterocycles. The zero-order chi connectivity index (χ0) is 15.6. The monoisotopic (exact) mass is 316 g/mol. The Kier molecular flexibility index (Phi) is 4.17. The van der Waals surface area contributed by atoms with Gasteiger partial charge in [-0.15, -0.1) is 0 Å². The molecule has 8 heteroatoms. The molecule has 0 radical (unpaired) electrons. The van der Waals surface area contributed by atoms with Gasteiger partial charge in [0.15, 0.2) is 0 Å². The largest absolute Gasteiger partial charge is 0.416 e. The molecule has 2 rings (SSSR count). The molecular weight excluding hydrogens is 305 g/mol. The van der Waals surface area contributed by atoms with Crippen LogP contribution in [0.1, 0.15) is 16.7 Å². The molecule has 1 aromatic heterocycles. The maximum absolute atomic E-state index is 12.8. The summed E-state index contributed by atoms with van der Waals surface area (Å²) < 4.78 is 38.3. The minimum atomic E-state index is -4.40. The van der Waals surface area contributed by atoms with Crippen LogP contribution in [0.15, 0.2) is 29.6 Å². The summed E-state index contributed by atoms with van der Waals surface area (Å²) in [4.78, 5) is 10.1. The topological polar surface area (TPSA) is 55.2 Å². The van der Waals surface area contributed by atoms with E-state index in [4.69, 9.17) is 0 Å². The summed E-state index contributed by atoms with van der Waals surface area (Å²) in [6, 6.07) is 5.37. The van der Waals surface area contributed by atoms with E-state index in [9.17, 15) is 23.3 Å². The van der Waals surface area contributed by atoms with Crippen molar-refractivity contribution in [2.45, 2.75) is 19.6 Å². The van der Waals surface area contributed by atoms with Crippen LogP contribution in [0.25, 0.3) is 0 Å². The molecule has 112 valence electrons. The fourth-order valence-electron chi connectivity index (χ4n) is 1.79. The molecule has 0 atom stereocenters. The van der Waals surface area contributed by atoms with E-state index >= 15 is 0 Å². The lowest BCUT2D eigenvalue weighted by atomic mass is 10.1. The van der Waals surface area contributed by atoms with Gasteiger partial charge in [-0.25, -0.2) is 0 Å². The molecule has 1 N–H and O–H groups in total. The molecule has 0 unspecified atom stereocenters. The average Bonchev–Trinajstić information content (AvgIpc) is 2.85. The second-order valence-corrected chi connectivity index (χ2v) is 5.32. The number of nitro groups is 1. The standard InChI is InChI=1S/C13H11F3N2O2S/c1-8-2-3-10(5-11(8)13(14,15)16)17-6-9-4-12(18(19)20)21-7-9/h2-5,7,17H,6H2,1H3. The first-order valence-corrected chi connectivity index (χ1v) is 6.79. The predicted octanol–water partition coefficient (Wildman–Crippen LogP) is 4.60. The van der Waals surface area contributed by atoms with Crippen LogP contribution in [-0.4, -0.2) is 4.92 Å². The molecule has 2 aromatic rings. The Morgan fingerprint density at radius 2 is 2.05 bits per heavy atom. The van der Waals surface area contributed by atoms with Crippen molar-refractivity contribution in [3.63, 3.8) is 0 Å². The molecule has 0 bridgehead atoms. The number of hydrogen-bond acceptors (Lipinski definition) is 4. The second-order valence-electron chi connectivity index (χ2n) is 4.43. The molecule has 4 nitrogen and oxygen atoms in total. The first kappa shape index (κ1) is 15.3. The van der Waals surface area contributed by atoms with E-state index in [0.717, 1.165) is 17.4 Å². The Morgan fingerprint density at radius 1 is 1.33 bits per heavy atom. The normalized spacial score (nSPS) is 11.4. The minimum Gasteiger partial charge on any atom is -0.381 e. The summed E-state index contributed by atoms with van der Waals surface area (Å²) >= 11 is 0.984. The summed E-state index contributed by atoms with van der Waals surface area (Å²) in [5.41, 5.74) is 0.436. The highest BCUT2D eigenvalue weighted by Crippen LogP contribution is 2.33. The van der Waals surface area contributed by atoms with Crippen LogP contribution in [0.5, 0.6) is 0 Å². The van der Waals surface area contributed by atoms with Gasteiger partial charge in [-0.3, -0.25) is 10.1 Å². The van der Waals surface area contributed by atoms with E-state index < -0.39 is 16.7 Å². The van der Waals surface area contributed by atoms with Gasteiger partial charge in [0.2, 0.25) is 0 Å². The van der Waals surface area contributed by atoms with Crippen LogP contribution >= 0.6 is 11.3 Å². The second kappa shape index (κ2) is 5.72. The molecule has 0 spiro atoms. The van der Waals surface area contributed by atoms with Gasteiger partial charge in [-0.1, -0.05) is 17.4 Å². The van der Waals surface area contributed by atoms with Gasteiger partial charge in [0.25, 0.3) is 0 Å². The Hall–Kier alpha value is -2.09. The number of anilines is 1. The Morgan fingerprint density at radius 3 is 2.62 bits per heavy atom. The van der Waals surface area contributed by atoms with Crippen LogP contribution < -0.4 is 5.32 Å². The predicted molar refractivity (Wildman–Crippen MR) is 74.5 cm³/mol. The third-order valence-electron chi connectivity index (χ3n) is 2.86.